The molecule has 2 aromatic rings. The van der Waals surface area contributed by atoms with E-state index in [0.29, 0.717) is 30.1 Å². The Balaban J connectivity index is 1.54. The summed E-state index contributed by atoms with van der Waals surface area (Å²) in [4.78, 5) is 38.1. The number of methoxy groups -OCH3 is 1. The van der Waals surface area contributed by atoms with Crippen LogP contribution in [0, 0.1) is 6.92 Å². The van der Waals surface area contributed by atoms with E-state index in [1.807, 2.05) is 6.92 Å². The minimum Gasteiger partial charge on any atom is -0.467 e. The van der Waals surface area contributed by atoms with Crippen molar-refractivity contribution < 1.29 is 24.3 Å². The van der Waals surface area contributed by atoms with E-state index in [1.54, 1.807) is 12.1 Å². The fraction of sp³-hybridized carbons (Fsp3) is 0.522. The normalized spacial score (nSPS) is 23.6. The quantitative estimate of drug-likeness (QED) is 0.455. The number of anilines is 1. The summed E-state index contributed by atoms with van der Waals surface area (Å²) in [7, 11) is 1.33. The van der Waals surface area contributed by atoms with E-state index in [-0.39, 0.29) is 23.8 Å². The summed E-state index contributed by atoms with van der Waals surface area (Å²) in [6.07, 6.45) is 6.39. The molecule has 1 amide bonds. The van der Waals surface area contributed by atoms with Crippen LogP contribution in [0.2, 0.25) is 0 Å². The van der Waals surface area contributed by atoms with E-state index in [2.05, 4.69) is 25.6 Å². The number of rotatable bonds is 4. The molecular weight excluding hydrogens is 440 g/mol. The zero-order valence-electron chi connectivity index (χ0n) is 19.3. The number of nitrogens with one attached hydrogen (secondary N) is 2. The number of aryl methyl sites for hydroxylation is 1. The van der Waals surface area contributed by atoms with Crippen molar-refractivity contribution in [3.63, 3.8) is 0 Å². The highest BCUT2D eigenvalue weighted by Gasteiger charge is 2.47. The average Bonchev–Trinajstić information content (AvgIpc) is 3.41. The van der Waals surface area contributed by atoms with Gasteiger partial charge in [-0.1, -0.05) is 19.3 Å². The molecule has 2 aliphatic heterocycles. The molecule has 0 radical (unpaired) electrons. The lowest BCUT2D eigenvalue weighted by atomic mass is 9.79. The Morgan fingerprint density at radius 3 is 2.76 bits per heavy atom. The van der Waals surface area contributed by atoms with Crippen molar-refractivity contribution >= 4 is 23.5 Å². The maximum Gasteiger partial charge on any atom is 0.334 e. The SMILES string of the molecule is COC(=O)C1(Nc2cc(N=c3cc(C)c4c(n3O)C3(CCCCC3)NC4=O)ncn2)CCOC1. The van der Waals surface area contributed by atoms with Crippen molar-refractivity contribution in [1.82, 2.24) is 20.0 Å². The minimum absolute atomic E-state index is 0.163. The molecule has 2 aromatic heterocycles. The zero-order chi connectivity index (χ0) is 23.9. The highest BCUT2D eigenvalue weighted by Crippen LogP contribution is 2.42. The first kappa shape index (κ1) is 22.3. The fourth-order valence-corrected chi connectivity index (χ4v) is 5.31. The summed E-state index contributed by atoms with van der Waals surface area (Å²) < 4.78 is 11.4. The van der Waals surface area contributed by atoms with Crippen LogP contribution in [0.15, 0.2) is 23.5 Å². The third kappa shape index (κ3) is 3.60. The number of carbonyl (C=O) groups is 2. The largest absolute Gasteiger partial charge is 0.467 e. The van der Waals surface area contributed by atoms with E-state index in [1.165, 1.54) is 13.4 Å². The van der Waals surface area contributed by atoms with Crippen LogP contribution >= 0.6 is 0 Å². The maximum atomic E-state index is 12.8. The van der Waals surface area contributed by atoms with Crippen LogP contribution in [-0.4, -0.2) is 57.6 Å². The Labute approximate surface area is 196 Å². The number of amides is 1. The van der Waals surface area contributed by atoms with E-state index < -0.39 is 17.0 Å². The number of ether oxygens (including phenoxy) is 2. The first-order valence-electron chi connectivity index (χ1n) is 11.5. The van der Waals surface area contributed by atoms with Crippen LogP contribution < -0.4 is 16.1 Å². The molecule has 0 bridgehead atoms. The van der Waals surface area contributed by atoms with Gasteiger partial charge in [-0.05, 0) is 31.4 Å². The molecule has 5 rings (SSSR count). The molecule has 180 valence electrons. The van der Waals surface area contributed by atoms with E-state index in [4.69, 9.17) is 9.47 Å². The minimum atomic E-state index is -1.03. The third-order valence-electron chi connectivity index (χ3n) is 6.99. The summed E-state index contributed by atoms with van der Waals surface area (Å²) in [6, 6.07) is 3.25. The van der Waals surface area contributed by atoms with Gasteiger partial charge in [0.15, 0.2) is 16.8 Å². The van der Waals surface area contributed by atoms with Gasteiger partial charge >= 0.3 is 5.97 Å². The van der Waals surface area contributed by atoms with Gasteiger partial charge in [-0.25, -0.2) is 19.8 Å². The molecule has 0 aromatic carbocycles. The topological polar surface area (TPSA) is 140 Å². The van der Waals surface area contributed by atoms with E-state index >= 15 is 0 Å². The molecule has 3 N–H and O–H groups in total. The molecule has 3 aliphatic rings. The predicted molar refractivity (Wildman–Crippen MR) is 120 cm³/mol. The lowest BCUT2D eigenvalue weighted by Crippen LogP contribution is -2.48. The van der Waals surface area contributed by atoms with Gasteiger partial charge in [0.05, 0.1) is 30.5 Å². The number of hydrogen-bond acceptors (Lipinski definition) is 9. The average molecular weight is 469 g/mol. The number of nitrogens with zero attached hydrogens (tertiary/aromatic N) is 4. The molecule has 1 aliphatic carbocycles. The second-order valence-electron chi connectivity index (χ2n) is 9.19. The second-order valence-corrected chi connectivity index (χ2v) is 9.19. The van der Waals surface area contributed by atoms with Gasteiger partial charge in [0.2, 0.25) is 0 Å². The molecule has 1 saturated carbocycles. The summed E-state index contributed by atoms with van der Waals surface area (Å²) in [5, 5.41) is 17.4. The van der Waals surface area contributed by atoms with E-state index in [0.717, 1.165) is 42.4 Å². The molecular formula is C23H28N6O5. The summed E-state index contributed by atoms with van der Waals surface area (Å²) in [6.45, 7) is 2.43. The van der Waals surface area contributed by atoms with Crippen LogP contribution in [0.3, 0.4) is 0 Å². The van der Waals surface area contributed by atoms with Gasteiger partial charge in [-0.2, -0.15) is 4.73 Å². The number of pyridine rings is 1. The van der Waals surface area contributed by atoms with Crippen molar-refractivity contribution in [3.8, 4) is 0 Å². The second kappa shape index (κ2) is 8.39. The van der Waals surface area contributed by atoms with Crippen LogP contribution in [0.25, 0.3) is 0 Å². The van der Waals surface area contributed by atoms with Crippen molar-refractivity contribution in [2.24, 2.45) is 4.99 Å². The Morgan fingerprint density at radius 1 is 1.26 bits per heavy atom. The highest BCUT2D eigenvalue weighted by molar-refractivity contribution is 6.00. The Morgan fingerprint density at radius 2 is 2.06 bits per heavy atom. The monoisotopic (exact) mass is 468 g/mol. The van der Waals surface area contributed by atoms with Crippen molar-refractivity contribution in [2.45, 2.75) is 56.5 Å². The Hall–Kier alpha value is -3.47. The van der Waals surface area contributed by atoms with Gasteiger partial charge in [0.1, 0.15) is 12.1 Å². The van der Waals surface area contributed by atoms with Gasteiger partial charge in [0.25, 0.3) is 5.91 Å². The molecule has 11 nitrogen and oxygen atoms in total. The fourth-order valence-electron chi connectivity index (χ4n) is 5.31. The number of carbonyl (C=O) groups excluding carboxylic acids is 2. The number of esters is 1. The third-order valence-corrected chi connectivity index (χ3v) is 6.99. The van der Waals surface area contributed by atoms with Gasteiger partial charge in [-0.3, -0.25) is 4.79 Å². The Kier molecular flexibility index (Phi) is 5.51. The van der Waals surface area contributed by atoms with Crippen LogP contribution in [-0.2, 0) is 19.8 Å². The van der Waals surface area contributed by atoms with Gasteiger partial charge < -0.3 is 25.3 Å². The van der Waals surface area contributed by atoms with Crippen molar-refractivity contribution in [2.75, 3.05) is 25.6 Å². The zero-order valence-corrected chi connectivity index (χ0v) is 19.3. The standard InChI is InChI=1S/C23H28N6O5/c1-14-10-17(29(32)19-18(14)20(30)28-22(19)6-4-3-5-7-22)26-15-11-16(25-13-24-15)27-23(21(31)33-2)8-9-34-12-23/h10-11,13,32H,3-9,12H2,1-2H3,(H,28,30)(H,24,25,27). The van der Waals surface area contributed by atoms with Crippen molar-refractivity contribution in [1.29, 1.82) is 0 Å². The number of aromatic nitrogens is 3. The van der Waals surface area contributed by atoms with Crippen molar-refractivity contribution in [3.05, 3.63) is 40.8 Å². The first-order valence-corrected chi connectivity index (χ1v) is 11.5. The smallest absolute Gasteiger partial charge is 0.334 e. The molecule has 2 fully saturated rings. The molecule has 11 heteroatoms. The molecule has 34 heavy (non-hydrogen) atoms. The summed E-state index contributed by atoms with van der Waals surface area (Å²) in [5.74, 6) is 0.0739. The number of fused-ring (bicyclic) bond motifs is 2. The predicted octanol–water partition coefficient (Wildman–Crippen LogP) is 1.70. The first-order chi connectivity index (χ1) is 16.4. The molecule has 4 heterocycles. The lowest BCUT2D eigenvalue weighted by molar-refractivity contribution is -0.146. The van der Waals surface area contributed by atoms with Crippen LogP contribution in [0.1, 0.15) is 60.1 Å². The van der Waals surface area contributed by atoms with Crippen LogP contribution in [0.4, 0.5) is 11.6 Å². The molecule has 1 atom stereocenters. The van der Waals surface area contributed by atoms with Gasteiger partial charge in [0, 0.05) is 19.1 Å². The number of hydrogen-bond donors (Lipinski definition) is 3. The molecule has 1 unspecified atom stereocenters. The molecule has 1 saturated heterocycles. The summed E-state index contributed by atoms with van der Waals surface area (Å²) in [5.41, 5.74) is 0.462. The van der Waals surface area contributed by atoms with Crippen LogP contribution in [0.5, 0.6) is 0 Å². The lowest BCUT2D eigenvalue weighted by Gasteiger charge is -2.34. The van der Waals surface area contributed by atoms with Gasteiger partial charge in [-0.15, -0.1) is 0 Å². The summed E-state index contributed by atoms with van der Waals surface area (Å²) >= 11 is 0. The Bertz CT molecular complexity index is 1210. The molecule has 1 spiro atoms. The highest BCUT2D eigenvalue weighted by atomic mass is 16.5. The maximum absolute atomic E-state index is 12.8. The van der Waals surface area contributed by atoms with E-state index in [9.17, 15) is 14.8 Å².